The first-order valence-corrected chi connectivity index (χ1v) is 9.83. The molecule has 0 aromatic heterocycles. The monoisotopic (exact) mass is 319 g/mol. The van der Waals surface area contributed by atoms with Crippen molar-refractivity contribution >= 4 is 15.9 Å². The summed E-state index contributed by atoms with van der Waals surface area (Å²) in [6.45, 7) is 4.56. The van der Waals surface area contributed by atoms with Gasteiger partial charge in [0.2, 0.25) is 0 Å². The Morgan fingerprint density at radius 1 is 1.18 bits per heavy atom. The van der Waals surface area contributed by atoms with Gasteiger partial charge in [-0.3, -0.25) is 4.90 Å². The third kappa shape index (κ3) is 3.13. The van der Waals surface area contributed by atoms with Crippen molar-refractivity contribution in [1.29, 1.82) is 0 Å². The van der Waals surface area contributed by atoms with Gasteiger partial charge in [0, 0.05) is 19.6 Å². The standard InChI is InChI=1S/C18H25NO2S/c1-16(14-17-6-3-2-4-7-17)15-19-11-10-18(8-5-9-18)22(20,21)13-12-19/h2-4,6-7,14H,5,8-13,15H2,1H3. The second-order valence-corrected chi connectivity index (χ2v) is 9.29. The summed E-state index contributed by atoms with van der Waals surface area (Å²) in [7, 11) is -2.91. The van der Waals surface area contributed by atoms with E-state index in [1.165, 1.54) is 11.1 Å². The smallest absolute Gasteiger partial charge is 0.157 e. The highest BCUT2D eigenvalue weighted by Gasteiger charge is 2.49. The fourth-order valence-electron chi connectivity index (χ4n) is 3.62. The van der Waals surface area contributed by atoms with Gasteiger partial charge in [0.05, 0.1) is 10.5 Å². The topological polar surface area (TPSA) is 37.4 Å². The molecule has 120 valence electrons. The van der Waals surface area contributed by atoms with Gasteiger partial charge in [-0.15, -0.1) is 0 Å². The molecule has 1 heterocycles. The zero-order valence-corrected chi connectivity index (χ0v) is 14.1. The van der Waals surface area contributed by atoms with Crippen LogP contribution in [0, 0.1) is 0 Å². The van der Waals surface area contributed by atoms with Gasteiger partial charge in [0.25, 0.3) is 0 Å². The minimum atomic E-state index is -2.91. The Labute approximate surface area is 133 Å². The maximum atomic E-state index is 12.5. The summed E-state index contributed by atoms with van der Waals surface area (Å²) in [6.07, 6.45) is 5.84. The van der Waals surface area contributed by atoms with Crippen LogP contribution in [-0.2, 0) is 9.84 Å². The van der Waals surface area contributed by atoms with Crippen LogP contribution in [0.3, 0.4) is 0 Å². The maximum absolute atomic E-state index is 12.5. The van der Waals surface area contributed by atoms with Crippen molar-refractivity contribution < 1.29 is 8.42 Å². The first-order valence-electron chi connectivity index (χ1n) is 8.18. The quantitative estimate of drug-likeness (QED) is 0.859. The third-order valence-electron chi connectivity index (χ3n) is 5.17. The number of hydrogen-bond donors (Lipinski definition) is 0. The second-order valence-electron chi connectivity index (χ2n) is 6.78. The lowest BCUT2D eigenvalue weighted by Gasteiger charge is -2.40. The van der Waals surface area contributed by atoms with Crippen LogP contribution in [0.15, 0.2) is 35.9 Å². The normalized spacial score (nSPS) is 24.7. The summed E-state index contributed by atoms with van der Waals surface area (Å²) in [5.41, 5.74) is 2.49. The highest BCUT2D eigenvalue weighted by atomic mass is 32.2. The lowest BCUT2D eigenvalue weighted by atomic mass is 9.81. The van der Waals surface area contributed by atoms with Gasteiger partial charge in [-0.2, -0.15) is 0 Å². The van der Waals surface area contributed by atoms with Crippen molar-refractivity contribution in [2.24, 2.45) is 0 Å². The fourth-order valence-corrected chi connectivity index (χ4v) is 5.86. The van der Waals surface area contributed by atoms with Gasteiger partial charge in [0.15, 0.2) is 9.84 Å². The number of benzene rings is 1. The van der Waals surface area contributed by atoms with E-state index in [0.717, 1.165) is 38.8 Å². The van der Waals surface area contributed by atoms with Crippen molar-refractivity contribution in [1.82, 2.24) is 4.90 Å². The molecule has 1 aromatic rings. The molecule has 0 amide bonds. The molecule has 1 aliphatic heterocycles. The van der Waals surface area contributed by atoms with E-state index in [4.69, 9.17) is 0 Å². The molecule has 1 aliphatic carbocycles. The van der Waals surface area contributed by atoms with Gasteiger partial charge >= 0.3 is 0 Å². The zero-order valence-electron chi connectivity index (χ0n) is 13.3. The van der Waals surface area contributed by atoms with Gasteiger partial charge in [-0.1, -0.05) is 48.4 Å². The summed E-state index contributed by atoms with van der Waals surface area (Å²) < 4.78 is 24.6. The van der Waals surface area contributed by atoms with Gasteiger partial charge in [-0.25, -0.2) is 8.42 Å². The summed E-state index contributed by atoms with van der Waals surface area (Å²) in [4.78, 5) is 2.30. The molecule has 2 fully saturated rings. The molecule has 0 N–H and O–H groups in total. The van der Waals surface area contributed by atoms with Crippen LogP contribution in [0.2, 0.25) is 0 Å². The van der Waals surface area contributed by atoms with Crippen molar-refractivity contribution in [3.8, 4) is 0 Å². The van der Waals surface area contributed by atoms with E-state index in [-0.39, 0.29) is 4.75 Å². The molecule has 3 rings (SSSR count). The minimum absolute atomic E-state index is 0.325. The van der Waals surface area contributed by atoms with E-state index in [1.807, 2.05) is 18.2 Å². The predicted molar refractivity (Wildman–Crippen MR) is 91.5 cm³/mol. The third-order valence-corrected chi connectivity index (χ3v) is 7.82. The van der Waals surface area contributed by atoms with Crippen LogP contribution in [0.5, 0.6) is 0 Å². The Morgan fingerprint density at radius 2 is 1.91 bits per heavy atom. The maximum Gasteiger partial charge on any atom is 0.157 e. The predicted octanol–water partition coefficient (Wildman–Crippen LogP) is 3.13. The molecule has 0 radical (unpaired) electrons. The van der Waals surface area contributed by atoms with Gasteiger partial charge < -0.3 is 0 Å². The number of hydrogen-bond acceptors (Lipinski definition) is 3. The Morgan fingerprint density at radius 3 is 2.55 bits per heavy atom. The number of sulfone groups is 1. The zero-order chi connectivity index (χ0) is 15.6. The summed E-state index contributed by atoms with van der Waals surface area (Å²) >= 11 is 0. The molecular weight excluding hydrogens is 294 g/mol. The molecule has 1 aromatic carbocycles. The largest absolute Gasteiger partial charge is 0.298 e. The molecule has 1 saturated heterocycles. The van der Waals surface area contributed by atoms with Gasteiger partial charge in [0.1, 0.15) is 0 Å². The van der Waals surface area contributed by atoms with E-state index < -0.39 is 9.84 Å². The van der Waals surface area contributed by atoms with Crippen LogP contribution in [0.4, 0.5) is 0 Å². The molecule has 3 nitrogen and oxygen atoms in total. The first-order chi connectivity index (χ1) is 10.5. The SMILES string of the molecule is CC(=Cc1ccccc1)CN1CCC2(CCC2)S(=O)(=O)CC1. The molecule has 0 unspecified atom stereocenters. The van der Waals surface area contributed by atoms with Crippen molar-refractivity contribution in [3.05, 3.63) is 41.5 Å². The highest BCUT2D eigenvalue weighted by molar-refractivity contribution is 7.92. The average molecular weight is 319 g/mol. The molecule has 0 bridgehead atoms. The fraction of sp³-hybridized carbons (Fsp3) is 0.556. The Hall–Kier alpha value is -1.13. The summed E-state index contributed by atoms with van der Waals surface area (Å²) in [6, 6.07) is 10.3. The molecule has 1 saturated carbocycles. The van der Waals surface area contributed by atoms with Crippen molar-refractivity contribution in [2.75, 3.05) is 25.4 Å². The van der Waals surface area contributed by atoms with Crippen LogP contribution >= 0.6 is 0 Å². The molecule has 2 aliphatic rings. The minimum Gasteiger partial charge on any atom is -0.298 e. The van der Waals surface area contributed by atoms with Crippen LogP contribution < -0.4 is 0 Å². The van der Waals surface area contributed by atoms with E-state index in [2.05, 4.69) is 30.0 Å². The lowest BCUT2D eigenvalue weighted by Crippen LogP contribution is -2.46. The van der Waals surface area contributed by atoms with Crippen LogP contribution in [-0.4, -0.2) is 43.5 Å². The molecule has 1 spiro atoms. The number of nitrogens with zero attached hydrogens (tertiary/aromatic N) is 1. The Kier molecular flexibility index (Phi) is 4.42. The van der Waals surface area contributed by atoms with E-state index >= 15 is 0 Å². The van der Waals surface area contributed by atoms with Gasteiger partial charge in [-0.05, 0) is 31.7 Å². The Balaban J connectivity index is 1.66. The first kappa shape index (κ1) is 15.8. The molecule has 4 heteroatoms. The van der Waals surface area contributed by atoms with Crippen molar-refractivity contribution in [2.45, 2.75) is 37.4 Å². The molecule has 0 atom stereocenters. The lowest BCUT2D eigenvalue weighted by molar-refractivity contribution is 0.261. The summed E-state index contributed by atoms with van der Waals surface area (Å²) in [5, 5.41) is 0. The van der Waals surface area contributed by atoms with Crippen LogP contribution in [0.25, 0.3) is 6.08 Å². The van der Waals surface area contributed by atoms with E-state index in [9.17, 15) is 8.42 Å². The molecular formula is C18H25NO2S. The second kappa shape index (κ2) is 6.17. The summed E-state index contributed by atoms with van der Waals surface area (Å²) in [5.74, 6) is 0.325. The number of rotatable bonds is 3. The average Bonchev–Trinajstić information content (AvgIpc) is 2.56. The Bertz CT molecular complexity index is 645. The van der Waals surface area contributed by atoms with E-state index in [1.54, 1.807) is 0 Å². The molecule has 22 heavy (non-hydrogen) atoms. The van der Waals surface area contributed by atoms with Crippen LogP contribution in [0.1, 0.15) is 38.2 Å². The highest BCUT2D eigenvalue weighted by Crippen LogP contribution is 2.43. The van der Waals surface area contributed by atoms with Crippen molar-refractivity contribution in [3.63, 3.8) is 0 Å². The van der Waals surface area contributed by atoms with E-state index in [0.29, 0.717) is 12.3 Å².